The molecule has 1 aromatic carbocycles. The molecule has 0 spiro atoms. The molecule has 7 heteroatoms. The van der Waals surface area contributed by atoms with Crippen molar-refractivity contribution < 1.29 is 22.4 Å². The van der Waals surface area contributed by atoms with Gasteiger partial charge in [0.05, 0.1) is 6.61 Å². The van der Waals surface area contributed by atoms with Gasteiger partial charge in [0, 0.05) is 11.8 Å². The minimum absolute atomic E-state index is 0.0818. The summed E-state index contributed by atoms with van der Waals surface area (Å²) >= 11 is 4.94. The Morgan fingerprint density at radius 3 is 2.47 bits per heavy atom. The van der Waals surface area contributed by atoms with Crippen molar-refractivity contribution in [2.75, 3.05) is 13.5 Å². The zero-order valence-electron chi connectivity index (χ0n) is 8.84. The van der Waals surface area contributed by atoms with Crippen LogP contribution in [0.4, 0.5) is 8.78 Å². The van der Waals surface area contributed by atoms with Crippen LogP contribution in [0.3, 0.4) is 0 Å². The summed E-state index contributed by atoms with van der Waals surface area (Å²) in [7, 11) is 0. The highest BCUT2D eigenvalue weighted by molar-refractivity contribution is 8.07. The molecule has 1 rings (SSSR count). The molecule has 0 heterocycles. The second kappa shape index (κ2) is 6.81. The van der Waals surface area contributed by atoms with E-state index in [1.807, 2.05) is 0 Å². The summed E-state index contributed by atoms with van der Waals surface area (Å²) in [5.41, 5.74) is 0. The molecule has 0 amide bonds. The Morgan fingerprint density at radius 2 is 1.94 bits per heavy atom. The molecule has 0 radical (unpaired) electrons. The third-order valence-electron chi connectivity index (χ3n) is 1.59. The smallest absolute Gasteiger partial charge is 0.383 e. The van der Waals surface area contributed by atoms with Gasteiger partial charge in [-0.3, -0.25) is 9.05 Å². The first-order valence-electron chi connectivity index (χ1n) is 4.61. The van der Waals surface area contributed by atoms with Gasteiger partial charge in [-0.25, -0.2) is 8.78 Å². The van der Waals surface area contributed by atoms with Crippen molar-refractivity contribution in [3.8, 4) is 5.75 Å². The quantitative estimate of drug-likeness (QED) is 0.563. The highest BCUT2D eigenvalue weighted by Crippen LogP contribution is 2.49. The highest BCUT2D eigenvalue weighted by Gasteiger charge is 2.22. The van der Waals surface area contributed by atoms with Gasteiger partial charge in [0.2, 0.25) is 0 Å². The summed E-state index contributed by atoms with van der Waals surface area (Å²) in [5.74, 6) is -0.156. The summed E-state index contributed by atoms with van der Waals surface area (Å²) in [6.07, 6.45) is 1.44. The number of benzene rings is 1. The van der Waals surface area contributed by atoms with E-state index in [4.69, 9.17) is 20.9 Å². The van der Waals surface area contributed by atoms with Crippen LogP contribution in [-0.4, -0.2) is 13.5 Å². The average molecular weight is 280 g/mol. The molecule has 0 aliphatic rings. The minimum atomic E-state index is -3.21. The van der Waals surface area contributed by atoms with E-state index in [0.29, 0.717) is 0 Å². The molecule has 94 valence electrons. The van der Waals surface area contributed by atoms with E-state index in [2.05, 4.69) is 11.1 Å². The van der Waals surface area contributed by atoms with Crippen LogP contribution < -0.4 is 4.52 Å². The van der Waals surface area contributed by atoms with Gasteiger partial charge in [-0.2, -0.15) is 0 Å². The van der Waals surface area contributed by atoms with Gasteiger partial charge in [-0.15, -0.1) is 6.58 Å². The lowest BCUT2D eigenvalue weighted by atomic mass is 10.3. The molecule has 1 aromatic rings. The van der Waals surface area contributed by atoms with Gasteiger partial charge in [-0.05, 0) is 24.3 Å². The fraction of sp³-hybridized carbons (Fsp3) is 0.200. The lowest BCUT2D eigenvalue weighted by molar-refractivity contribution is 0.148. The predicted molar refractivity (Wildman–Crippen MR) is 64.5 cm³/mol. The molecule has 0 aliphatic heterocycles. The largest absolute Gasteiger partial charge is 0.424 e. The molecule has 0 saturated heterocycles. The molecule has 0 saturated carbocycles. The average Bonchev–Trinajstić information content (AvgIpc) is 2.30. The van der Waals surface area contributed by atoms with Gasteiger partial charge in [-0.1, -0.05) is 6.08 Å². The first-order chi connectivity index (χ1) is 8.09. The first-order valence-corrected chi connectivity index (χ1v) is 7.16. The molecule has 3 nitrogen and oxygen atoms in total. The van der Waals surface area contributed by atoms with Gasteiger partial charge in [0.1, 0.15) is 11.6 Å². The predicted octanol–water partition coefficient (Wildman–Crippen LogP) is 3.58. The number of hydrogen-bond donors (Lipinski definition) is 0. The molecule has 0 N–H and O–H groups in total. The summed E-state index contributed by atoms with van der Waals surface area (Å²) in [6, 6.07) is 5.10. The molecule has 1 atom stereocenters. The van der Waals surface area contributed by atoms with E-state index in [1.54, 1.807) is 0 Å². The molecule has 0 aliphatic carbocycles. The van der Waals surface area contributed by atoms with Crippen molar-refractivity contribution in [2.45, 2.75) is 0 Å². The Kier molecular flexibility index (Phi) is 5.71. The van der Waals surface area contributed by atoms with Crippen LogP contribution in [0.2, 0.25) is 0 Å². The number of halogens is 2. The standard InChI is InChI=1S/C10H11F2O3PS/c1-2-7-13-16(17,14-8-11)15-10-5-3-9(12)4-6-10/h2-6H,1,7-8H2. The maximum atomic E-state index is 12.7. The monoisotopic (exact) mass is 280 g/mol. The molecule has 0 bridgehead atoms. The Morgan fingerprint density at radius 1 is 1.29 bits per heavy atom. The molecule has 0 fully saturated rings. The second-order valence-electron chi connectivity index (χ2n) is 2.82. The number of hydrogen-bond acceptors (Lipinski definition) is 4. The Balaban J connectivity index is 2.74. The van der Waals surface area contributed by atoms with Gasteiger partial charge < -0.3 is 4.52 Å². The van der Waals surface area contributed by atoms with E-state index in [1.165, 1.54) is 30.3 Å². The first kappa shape index (κ1) is 14.3. The number of rotatable bonds is 7. The molecular formula is C10H11F2O3PS. The third-order valence-corrected chi connectivity index (χ3v) is 3.76. The zero-order valence-corrected chi connectivity index (χ0v) is 10.6. The van der Waals surface area contributed by atoms with E-state index < -0.39 is 19.4 Å². The van der Waals surface area contributed by atoms with E-state index in [9.17, 15) is 8.78 Å². The second-order valence-corrected chi connectivity index (χ2v) is 5.75. The summed E-state index contributed by atoms with van der Waals surface area (Å²) in [4.78, 5) is 0. The minimum Gasteiger partial charge on any atom is -0.424 e. The topological polar surface area (TPSA) is 27.7 Å². The van der Waals surface area contributed by atoms with Crippen LogP contribution in [0.5, 0.6) is 5.75 Å². The van der Waals surface area contributed by atoms with E-state index in [0.717, 1.165) is 0 Å². The van der Waals surface area contributed by atoms with Crippen LogP contribution in [-0.2, 0) is 20.9 Å². The van der Waals surface area contributed by atoms with Crippen molar-refractivity contribution in [3.05, 3.63) is 42.7 Å². The third kappa shape index (κ3) is 4.91. The summed E-state index contributed by atoms with van der Waals surface area (Å²) < 4.78 is 39.8. The normalized spacial score (nSPS) is 14.0. The van der Waals surface area contributed by atoms with Crippen LogP contribution in [0.1, 0.15) is 0 Å². The highest BCUT2D eigenvalue weighted by atomic mass is 32.5. The van der Waals surface area contributed by atoms with E-state index in [-0.39, 0.29) is 12.4 Å². The lowest BCUT2D eigenvalue weighted by Crippen LogP contribution is -2.02. The van der Waals surface area contributed by atoms with Crippen molar-refractivity contribution in [1.82, 2.24) is 0 Å². The Labute approximate surface area is 103 Å². The zero-order chi connectivity index (χ0) is 12.7. The maximum Gasteiger partial charge on any atom is 0.383 e. The maximum absolute atomic E-state index is 12.7. The van der Waals surface area contributed by atoms with Gasteiger partial charge >= 0.3 is 6.72 Å². The van der Waals surface area contributed by atoms with Crippen LogP contribution >= 0.6 is 6.72 Å². The van der Waals surface area contributed by atoms with Crippen molar-refractivity contribution >= 4 is 18.5 Å². The van der Waals surface area contributed by atoms with Crippen molar-refractivity contribution in [3.63, 3.8) is 0 Å². The van der Waals surface area contributed by atoms with E-state index >= 15 is 0 Å². The molecule has 0 aromatic heterocycles. The fourth-order valence-corrected chi connectivity index (χ4v) is 2.45. The summed E-state index contributed by atoms with van der Waals surface area (Å²) in [6.45, 7) is -0.807. The van der Waals surface area contributed by atoms with Crippen LogP contribution in [0.15, 0.2) is 36.9 Å². The van der Waals surface area contributed by atoms with Crippen LogP contribution in [0.25, 0.3) is 0 Å². The van der Waals surface area contributed by atoms with Crippen LogP contribution in [0, 0.1) is 5.82 Å². The molecule has 17 heavy (non-hydrogen) atoms. The lowest BCUT2D eigenvalue weighted by Gasteiger charge is -2.20. The Hall–Kier alpha value is -0.810. The van der Waals surface area contributed by atoms with Crippen molar-refractivity contribution in [2.24, 2.45) is 0 Å². The fourth-order valence-electron chi connectivity index (χ4n) is 0.918. The Bertz CT molecular complexity index is 411. The number of alkyl halides is 1. The summed E-state index contributed by atoms with van der Waals surface area (Å²) in [5, 5.41) is 0. The van der Waals surface area contributed by atoms with Crippen molar-refractivity contribution in [1.29, 1.82) is 0 Å². The van der Waals surface area contributed by atoms with Gasteiger partial charge in [0.15, 0.2) is 6.86 Å². The molecule has 1 unspecified atom stereocenters. The SMILES string of the molecule is C=CCOP(=S)(OCF)Oc1ccc(F)cc1. The molecular weight excluding hydrogens is 269 g/mol. The van der Waals surface area contributed by atoms with Gasteiger partial charge in [0.25, 0.3) is 0 Å².